The van der Waals surface area contributed by atoms with Crippen molar-refractivity contribution in [3.05, 3.63) is 0 Å². The molecule has 9 amide bonds. The third-order valence-electron chi connectivity index (χ3n) is 14.2. The second kappa shape index (κ2) is 35.0. The molecule has 0 aromatic heterocycles. The summed E-state index contributed by atoms with van der Waals surface area (Å²) in [6.07, 6.45) is 1.73. The molecule has 0 unspecified atom stereocenters. The van der Waals surface area contributed by atoms with Crippen LogP contribution in [0.5, 0.6) is 0 Å². The Morgan fingerprint density at radius 3 is 1.56 bits per heavy atom. The first-order valence-electron chi connectivity index (χ1n) is 28.2. The molecule has 0 spiro atoms. The maximum atomic E-state index is 14.7. The highest BCUT2D eigenvalue weighted by Crippen LogP contribution is 2.47. The van der Waals surface area contributed by atoms with E-state index in [-0.39, 0.29) is 64.1 Å². The first kappa shape index (κ1) is 71.8. The van der Waals surface area contributed by atoms with E-state index in [0.29, 0.717) is 38.8 Å². The highest BCUT2D eigenvalue weighted by Gasteiger charge is 2.48. The Kier molecular flexibility index (Phi) is 31.0. The molecular formula is C50H98N15O15P+4. The highest BCUT2D eigenvalue weighted by atomic mass is 31.2. The maximum Gasteiger partial charge on any atom is 0.567 e. The Hall–Kier alpha value is -5.27. The lowest BCUT2D eigenvalue weighted by atomic mass is 9.98. The zero-order valence-electron chi connectivity index (χ0n) is 48.6. The summed E-state index contributed by atoms with van der Waals surface area (Å²) >= 11 is 0. The molecule has 30 nitrogen and oxygen atoms in total. The molecule has 2 saturated heterocycles. The third-order valence-corrected chi connectivity index (χ3v) is 14.8. The molecule has 2 heterocycles. The van der Waals surface area contributed by atoms with Crippen LogP contribution in [0.2, 0.25) is 0 Å². The van der Waals surface area contributed by atoms with Gasteiger partial charge in [0.1, 0.15) is 66.8 Å². The normalized spacial score (nSPS) is 19.0. The Morgan fingerprint density at radius 2 is 1.04 bits per heavy atom. The number of hydrogen-bond donors (Lipinski definition) is 17. The van der Waals surface area contributed by atoms with Crippen LogP contribution in [0.4, 0.5) is 0 Å². The van der Waals surface area contributed by atoms with Crippen molar-refractivity contribution in [2.45, 2.75) is 205 Å². The van der Waals surface area contributed by atoms with Gasteiger partial charge >= 0.3 is 14.1 Å². The van der Waals surface area contributed by atoms with Crippen LogP contribution in [0.3, 0.4) is 0 Å². The smallest absolute Gasteiger partial charge is 0.480 e. The number of quaternary nitrogens is 3. The third kappa shape index (κ3) is 23.9. The van der Waals surface area contributed by atoms with Gasteiger partial charge in [0, 0.05) is 19.5 Å². The Bertz CT molecular complexity index is 2100. The Labute approximate surface area is 475 Å². The molecule has 81 heavy (non-hydrogen) atoms. The molecule has 464 valence electrons. The molecule has 0 aliphatic carbocycles. The summed E-state index contributed by atoms with van der Waals surface area (Å²) in [5.74, 6) is -9.54. The summed E-state index contributed by atoms with van der Waals surface area (Å²) in [6, 6.07) is -12.2. The Morgan fingerprint density at radius 1 is 0.568 bits per heavy atom. The maximum absolute atomic E-state index is 14.7. The van der Waals surface area contributed by atoms with Crippen LogP contribution < -0.4 is 71.2 Å². The van der Waals surface area contributed by atoms with Crippen LogP contribution in [0.25, 0.3) is 0 Å². The van der Waals surface area contributed by atoms with Gasteiger partial charge in [-0.05, 0) is 109 Å². The van der Waals surface area contributed by atoms with E-state index < -0.39 is 152 Å². The molecule has 2 rings (SSSR count). The van der Waals surface area contributed by atoms with Crippen molar-refractivity contribution >= 4 is 67.3 Å². The quantitative estimate of drug-likeness (QED) is 0.0158. The van der Waals surface area contributed by atoms with Crippen molar-refractivity contribution in [2.24, 2.45) is 29.2 Å². The molecule has 31 heteroatoms. The number of carboxylic acids is 1. The van der Waals surface area contributed by atoms with Gasteiger partial charge in [-0.15, -0.1) is 4.52 Å². The van der Waals surface area contributed by atoms with E-state index in [1.807, 2.05) is 0 Å². The van der Waals surface area contributed by atoms with E-state index in [4.69, 9.17) is 16.0 Å². The lowest BCUT2D eigenvalue weighted by Crippen LogP contribution is -2.69. The van der Waals surface area contributed by atoms with E-state index in [1.165, 1.54) is 11.8 Å². The van der Waals surface area contributed by atoms with E-state index in [1.54, 1.807) is 41.5 Å². The molecule has 0 radical (unpaired) electrons. The van der Waals surface area contributed by atoms with Gasteiger partial charge in [0.05, 0.1) is 13.1 Å². The summed E-state index contributed by atoms with van der Waals surface area (Å²) in [6.45, 7) is 14.0. The number of likely N-dealkylation sites (tertiary alicyclic amines) is 2. The second-order valence-electron chi connectivity index (χ2n) is 22.1. The highest BCUT2D eigenvalue weighted by molar-refractivity contribution is 7.53. The van der Waals surface area contributed by atoms with Gasteiger partial charge < -0.3 is 80.8 Å². The fourth-order valence-corrected chi connectivity index (χ4v) is 10.1. The lowest BCUT2D eigenvalue weighted by Gasteiger charge is -2.34. The molecule has 0 aromatic rings. The van der Waals surface area contributed by atoms with Crippen LogP contribution in [0.15, 0.2) is 0 Å². The molecule has 0 saturated carbocycles. The fraction of sp³-hybridized carbons (Fsp3) is 0.800. The van der Waals surface area contributed by atoms with Gasteiger partial charge in [-0.1, -0.05) is 41.5 Å². The number of nitrogens with zero attached hydrogens (tertiary/aromatic N) is 2. The number of rotatable bonds is 36. The van der Waals surface area contributed by atoms with Crippen LogP contribution in [0, 0.1) is 17.8 Å². The van der Waals surface area contributed by atoms with Gasteiger partial charge in [-0.25, -0.2) is 4.79 Å². The number of carboxylic acid groups (broad SMARTS) is 1. The van der Waals surface area contributed by atoms with Crippen LogP contribution in [-0.4, -0.2) is 194 Å². The second-order valence-corrected chi connectivity index (χ2v) is 23.3. The molecular weight excluding hydrogens is 1080 g/mol. The predicted molar refractivity (Wildman–Crippen MR) is 294 cm³/mol. The van der Waals surface area contributed by atoms with E-state index >= 15 is 0 Å². The number of nitrogens with two attached hydrogens (primary N) is 2. The van der Waals surface area contributed by atoms with Crippen LogP contribution >= 0.6 is 8.17 Å². The molecule has 0 aromatic carbocycles. The van der Waals surface area contributed by atoms with Gasteiger partial charge in [-0.2, -0.15) is 14.7 Å². The minimum Gasteiger partial charge on any atom is -0.480 e. The van der Waals surface area contributed by atoms with Crippen molar-refractivity contribution in [3.63, 3.8) is 0 Å². The first-order chi connectivity index (χ1) is 37.9. The Balaban J connectivity index is 2.39. The number of hydrogen-bond acceptors (Lipinski definition) is 17. The van der Waals surface area contributed by atoms with E-state index in [2.05, 4.69) is 59.7 Å². The van der Waals surface area contributed by atoms with Gasteiger partial charge in [0.25, 0.3) is 5.91 Å². The van der Waals surface area contributed by atoms with Gasteiger partial charge in [0.2, 0.25) is 47.3 Å². The SMILES string of the molecule is CC(C)[C@H](NC(=O)[C@H](C)NC(=O)[C@@H](NC(=O)[C@@H]([NH3+])CCCC[NH3+])C(C)C)C(=O)N[C@H](C(=O)N[C@@H](CCCNC(N)N)C(=O)N[C@H](C(=O)N1CCC[C@H]1C(=O)N1CCC[C@H]1C(=O)N[C@@H](CCCC[NH3+])C(=O)O)[C@@H](C)O[P+](O)(O)O)C(C)C. The van der Waals surface area contributed by atoms with E-state index in [9.17, 15) is 67.7 Å². The minimum absolute atomic E-state index is 0.0377. The van der Waals surface area contributed by atoms with Crippen molar-refractivity contribution < 1.29 is 89.5 Å². The summed E-state index contributed by atoms with van der Waals surface area (Å²) in [7, 11) is -5.10. The first-order valence-corrected chi connectivity index (χ1v) is 29.8. The molecule has 25 N–H and O–H groups in total. The van der Waals surface area contributed by atoms with Crippen LogP contribution in [0.1, 0.15) is 132 Å². The largest absolute Gasteiger partial charge is 0.567 e. The standard InChI is InChI=1S/C50H94N15O15P/c1-26(2)36(61-41(67)31(53)16-9-11-21-51)44(70)57-29(7)40(66)60-38(28(5)6)46(72)62-37(27(3)4)45(71)58-32(18-13-23-56-50(54)55)42(68)63-39(30(8)80-81(77,78)79)48(74)65-25-15-20-35(65)47(73)64-24-14-19-34(64)43(69)59-33(49(75)76)17-10-12-22-52/h26-39,50,56,77-79H,9-25,51-55H2,1-8H3,(H7-,57,58,59,60,61,62,63,66,67,68,69,70,71,72,75,76)/p+4/t29-,30+,31-,32-,33-,34-,35-,36-,37-,38-,39-/m0/s1. The number of aliphatic carboxylic acids is 1. The number of carbonyl (C=O) groups excluding carboxylic acids is 9. The zero-order valence-corrected chi connectivity index (χ0v) is 49.5. The molecule has 2 aliphatic heterocycles. The lowest BCUT2D eigenvalue weighted by molar-refractivity contribution is -0.406. The predicted octanol–water partition coefficient (Wildman–Crippen LogP) is -6.50. The molecule has 0 bridgehead atoms. The fourth-order valence-electron chi connectivity index (χ4n) is 9.50. The number of amides is 9. The number of nitrogens with one attached hydrogen (secondary N) is 8. The molecule has 11 atom stereocenters. The summed E-state index contributed by atoms with van der Waals surface area (Å²) in [5.41, 5.74) is 22.8. The van der Waals surface area contributed by atoms with Crippen LogP contribution in [-0.2, 0) is 52.5 Å². The monoisotopic (exact) mass is 1180 g/mol. The molecule has 2 aliphatic rings. The molecule has 2 fully saturated rings. The van der Waals surface area contributed by atoms with Crippen molar-refractivity contribution in [1.82, 2.24) is 52.3 Å². The van der Waals surface area contributed by atoms with Crippen molar-refractivity contribution in [1.29, 1.82) is 0 Å². The average molecular weight is 1180 g/mol. The number of unbranched alkanes of at least 4 members (excludes halogenated alkanes) is 2. The van der Waals surface area contributed by atoms with Crippen molar-refractivity contribution in [2.75, 3.05) is 32.7 Å². The van der Waals surface area contributed by atoms with Crippen molar-refractivity contribution in [3.8, 4) is 0 Å². The topological polar surface area (TPSA) is 499 Å². The van der Waals surface area contributed by atoms with Gasteiger partial charge in [0.15, 0.2) is 6.04 Å². The summed E-state index contributed by atoms with van der Waals surface area (Å²) in [5, 5.41) is 30.9. The summed E-state index contributed by atoms with van der Waals surface area (Å²) < 4.78 is 5.05. The van der Waals surface area contributed by atoms with E-state index in [0.717, 1.165) is 24.7 Å². The van der Waals surface area contributed by atoms with Gasteiger partial charge in [-0.3, -0.25) is 48.5 Å². The minimum atomic E-state index is -5.10. The summed E-state index contributed by atoms with van der Waals surface area (Å²) in [4.78, 5) is 170. The average Bonchev–Trinajstić information content (AvgIpc) is 4.25. The number of carbonyl (C=O) groups is 10. The zero-order chi connectivity index (χ0) is 61.5.